The Labute approximate surface area is 127 Å². The van der Waals surface area contributed by atoms with Gasteiger partial charge in [-0.1, -0.05) is 25.6 Å². The molecule has 0 aromatic carbocycles. The third-order valence-corrected chi connectivity index (χ3v) is 3.73. The summed E-state index contributed by atoms with van der Waals surface area (Å²) in [4.78, 5) is 14.7. The molecule has 0 bridgehead atoms. The van der Waals surface area contributed by atoms with Crippen LogP contribution in [0, 0.1) is 5.92 Å². The highest BCUT2D eigenvalue weighted by atomic mass is 32.2. The first-order chi connectivity index (χ1) is 10.1. The SMILES string of the molecule is CC(C)Cn1c(Cc2ccncc2)nnc1SCC(=O)O. The Bertz CT molecular complexity index is 598. The molecule has 2 heterocycles. The molecule has 0 aliphatic rings. The molecule has 0 unspecified atom stereocenters. The molecule has 0 atom stereocenters. The number of nitrogens with zero attached hydrogens (tertiary/aromatic N) is 4. The van der Waals surface area contributed by atoms with Crippen LogP contribution in [0.25, 0.3) is 0 Å². The molecule has 0 amide bonds. The summed E-state index contributed by atoms with van der Waals surface area (Å²) in [5.74, 6) is 0.421. The van der Waals surface area contributed by atoms with Crippen LogP contribution < -0.4 is 0 Å². The van der Waals surface area contributed by atoms with Gasteiger partial charge >= 0.3 is 5.97 Å². The highest BCUT2D eigenvalue weighted by Gasteiger charge is 2.15. The van der Waals surface area contributed by atoms with Crippen molar-refractivity contribution in [1.82, 2.24) is 19.7 Å². The molecule has 6 nitrogen and oxygen atoms in total. The van der Waals surface area contributed by atoms with Crippen LogP contribution in [0.4, 0.5) is 0 Å². The van der Waals surface area contributed by atoms with E-state index in [0.29, 0.717) is 17.5 Å². The summed E-state index contributed by atoms with van der Waals surface area (Å²) in [6, 6.07) is 3.89. The number of aliphatic carboxylic acids is 1. The van der Waals surface area contributed by atoms with Gasteiger partial charge < -0.3 is 9.67 Å². The van der Waals surface area contributed by atoms with E-state index in [-0.39, 0.29) is 5.75 Å². The van der Waals surface area contributed by atoms with Crippen LogP contribution in [0.5, 0.6) is 0 Å². The number of pyridine rings is 1. The Balaban J connectivity index is 2.21. The zero-order chi connectivity index (χ0) is 15.2. The zero-order valence-corrected chi connectivity index (χ0v) is 12.9. The van der Waals surface area contributed by atoms with Crippen molar-refractivity contribution in [3.63, 3.8) is 0 Å². The minimum absolute atomic E-state index is 0.00845. The van der Waals surface area contributed by atoms with E-state index >= 15 is 0 Å². The lowest BCUT2D eigenvalue weighted by Crippen LogP contribution is -2.11. The van der Waals surface area contributed by atoms with Gasteiger partial charge in [0.2, 0.25) is 0 Å². The maximum absolute atomic E-state index is 10.7. The molecule has 0 spiro atoms. The number of thioether (sulfide) groups is 1. The van der Waals surface area contributed by atoms with Gasteiger partial charge in [-0.25, -0.2) is 0 Å². The summed E-state index contributed by atoms with van der Waals surface area (Å²) in [5.41, 5.74) is 1.11. The zero-order valence-electron chi connectivity index (χ0n) is 12.1. The largest absolute Gasteiger partial charge is 0.481 e. The predicted octanol–water partition coefficient (Wildman–Crippen LogP) is 2.10. The molecular weight excluding hydrogens is 288 g/mol. The quantitative estimate of drug-likeness (QED) is 0.789. The second kappa shape index (κ2) is 7.21. The fourth-order valence-corrected chi connectivity index (χ4v) is 2.60. The van der Waals surface area contributed by atoms with Gasteiger partial charge in [0.25, 0.3) is 0 Å². The summed E-state index contributed by atoms with van der Waals surface area (Å²) in [5, 5.41) is 17.8. The summed E-state index contributed by atoms with van der Waals surface area (Å²) in [6.45, 7) is 5.00. The van der Waals surface area contributed by atoms with Crippen molar-refractivity contribution in [2.75, 3.05) is 5.75 Å². The molecular formula is C14H18N4O2S. The fraction of sp³-hybridized carbons (Fsp3) is 0.429. The molecule has 21 heavy (non-hydrogen) atoms. The van der Waals surface area contributed by atoms with Gasteiger partial charge in [-0.15, -0.1) is 10.2 Å². The van der Waals surface area contributed by atoms with Gasteiger partial charge in [-0.2, -0.15) is 0 Å². The average molecular weight is 306 g/mol. The molecule has 112 valence electrons. The standard InChI is InChI=1S/C14H18N4O2S/c1-10(2)8-18-12(7-11-3-5-15-6-4-11)16-17-14(18)21-9-13(19)20/h3-6,10H,7-9H2,1-2H3,(H,19,20). The van der Waals surface area contributed by atoms with Gasteiger partial charge in [0.05, 0.1) is 5.75 Å². The molecule has 2 rings (SSSR count). The Morgan fingerprint density at radius 3 is 2.67 bits per heavy atom. The Hall–Kier alpha value is -1.89. The second-order valence-electron chi connectivity index (χ2n) is 5.12. The van der Waals surface area contributed by atoms with Gasteiger partial charge in [-0.05, 0) is 23.6 Å². The first-order valence-corrected chi connectivity index (χ1v) is 7.70. The van der Waals surface area contributed by atoms with E-state index in [1.54, 1.807) is 12.4 Å². The van der Waals surface area contributed by atoms with Crippen molar-refractivity contribution in [1.29, 1.82) is 0 Å². The van der Waals surface area contributed by atoms with Crippen molar-refractivity contribution in [2.45, 2.75) is 32.0 Å². The molecule has 1 N–H and O–H groups in total. The topological polar surface area (TPSA) is 80.9 Å². The van der Waals surface area contributed by atoms with E-state index in [0.717, 1.165) is 17.9 Å². The van der Waals surface area contributed by atoms with Crippen LogP contribution in [-0.4, -0.2) is 36.6 Å². The van der Waals surface area contributed by atoms with Crippen molar-refractivity contribution in [3.8, 4) is 0 Å². The van der Waals surface area contributed by atoms with Crippen molar-refractivity contribution >= 4 is 17.7 Å². The van der Waals surface area contributed by atoms with Crippen LogP contribution in [-0.2, 0) is 17.8 Å². The number of rotatable bonds is 7. The van der Waals surface area contributed by atoms with E-state index in [9.17, 15) is 4.79 Å². The van der Waals surface area contributed by atoms with Crippen molar-refractivity contribution in [2.24, 2.45) is 5.92 Å². The number of hydrogen-bond donors (Lipinski definition) is 1. The highest BCUT2D eigenvalue weighted by molar-refractivity contribution is 7.99. The molecule has 7 heteroatoms. The predicted molar refractivity (Wildman–Crippen MR) is 80.3 cm³/mol. The number of hydrogen-bond acceptors (Lipinski definition) is 5. The van der Waals surface area contributed by atoms with Crippen LogP contribution in [0.15, 0.2) is 29.7 Å². The number of aromatic nitrogens is 4. The lowest BCUT2D eigenvalue weighted by molar-refractivity contribution is -0.133. The molecule has 2 aromatic heterocycles. The van der Waals surface area contributed by atoms with Crippen molar-refractivity contribution < 1.29 is 9.90 Å². The molecule has 0 fully saturated rings. The summed E-state index contributed by atoms with van der Waals surface area (Å²) in [6.07, 6.45) is 4.16. The van der Waals surface area contributed by atoms with Crippen LogP contribution in [0.1, 0.15) is 25.2 Å². The van der Waals surface area contributed by atoms with Gasteiger partial charge in [-0.3, -0.25) is 9.78 Å². The average Bonchev–Trinajstić information content (AvgIpc) is 2.79. The number of carbonyl (C=O) groups is 1. The number of carboxylic acid groups (broad SMARTS) is 1. The van der Waals surface area contributed by atoms with Crippen LogP contribution >= 0.6 is 11.8 Å². The normalized spacial score (nSPS) is 11.0. The van der Waals surface area contributed by atoms with E-state index in [1.807, 2.05) is 16.7 Å². The molecule has 0 radical (unpaired) electrons. The number of carboxylic acids is 1. The van der Waals surface area contributed by atoms with Crippen LogP contribution in [0.2, 0.25) is 0 Å². The third kappa shape index (κ3) is 4.56. The van der Waals surface area contributed by atoms with Gasteiger partial charge in [0.1, 0.15) is 5.82 Å². The van der Waals surface area contributed by atoms with Crippen molar-refractivity contribution in [3.05, 3.63) is 35.9 Å². The minimum atomic E-state index is -0.852. The molecule has 0 aliphatic carbocycles. The van der Waals surface area contributed by atoms with Gasteiger partial charge in [0, 0.05) is 25.4 Å². The molecule has 2 aromatic rings. The lowest BCUT2D eigenvalue weighted by atomic mass is 10.2. The maximum atomic E-state index is 10.7. The smallest absolute Gasteiger partial charge is 0.313 e. The van der Waals surface area contributed by atoms with Crippen LogP contribution in [0.3, 0.4) is 0 Å². The lowest BCUT2D eigenvalue weighted by Gasteiger charge is -2.12. The highest BCUT2D eigenvalue weighted by Crippen LogP contribution is 2.20. The molecule has 0 aliphatic heterocycles. The monoisotopic (exact) mass is 306 g/mol. The third-order valence-electron chi connectivity index (χ3n) is 2.78. The Morgan fingerprint density at radius 2 is 2.05 bits per heavy atom. The minimum Gasteiger partial charge on any atom is -0.481 e. The van der Waals surface area contributed by atoms with Gasteiger partial charge in [0.15, 0.2) is 5.16 Å². The van der Waals surface area contributed by atoms with E-state index < -0.39 is 5.97 Å². The van der Waals surface area contributed by atoms with E-state index in [2.05, 4.69) is 29.0 Å². The molecule has 0 saturated heterocycles. The van der Waals surface area contributed by atoms with E-state index in [4.69, 9.17) is 5.11 Å². The second-order valence-corrected chi connectivity index (χ2v) is 6.06. The molecule has 0 saturated carbocycles. The maximum Gasteiger partial charge on any atom is 0.313 e. The fourth-order valence-electron chi connectivity index (χ4n) is 1.91. The first-order valence-electron chi connectivity index (χ1n) is 6.72. The summed E-state index contributed by atoms with van der Waals surface area (Å²) < 4.78 is 2.01. The first kappa shape index (κ1) is 15.5. The summed E-state index contributed by atoms with van der Waals surface area (Å²) in [7, 11) is 0. The Morgan fingerprint density at radius 1 is 1.33 bits per heavy atom. The Kier molecular flexibility index (Phi) is 5.32. The van der Waals surface area contributed by atoms with E-state index in [1.165, 1.54) is 11.8 Å². The summed E-state index contributed by atoms with van der Waals surface area (Å²) >= 11 is 1.21.